The molecule has 0 amide bonds. The molecule has 0 unspecified atom stereocenters. The van der Waals surface area contributed by atoms with Gasteiger partial charge in [-0.05, 0) is 0 Å². The zero-order valence-electron chi connectivity index (χ0n) is 8.32. The van der Waals surface area contributed by atoms with Gasteiger partial charge in [-0.25, -0.2) is 0 Å². The maximum atomic E-state index is 10.7. The van der Waals surface area contributed by atoms with Crippen LogP contribution in [0.25, 0.3) is 0 Å². The van der Waals surface area contributed by atoms with E-state index in [1.165, 1.54) is 13.8 Å². The van der Waals surface area contributed by atoms with Crippen molar-refractivity contribution in [3.8, 4) is 0 Å². The molecule has 0 bridgehead atoms. The molecular formula is C9H14O5. The quantitative estimate of drug-likeness (QED) is 0.601. The number of hydrogen-bond acceptors (Lipinski definition) is 5. The van der Waals surface area contributed by atoms with Gasteiger partial charge in [0.15, 0.2) is 0 Å². The van der Waals surface area contributed by atoms with Crippen LogP contribution in [0.1, 0.15) is 20.3 Å². The normalized spacial score (nSPS) is 26.7. The van der Waals surface area contributed by atoms with Crippen LogP contribution in [-0.2, 0) is 23.8 Å². The molecule has 1 rings (SSSR count). The van der Waals surface area contributed by atoms with Crippen molar-refractivity contribution < 1.29 is 23.8 Å². The third-order valence-corrected chi connectivity index (χ3v) is 1.80. The second-order valence-electron chi connectivity index (χ2n) is 3.24. The molecule has 5 nitrogen and oxygen atoms in total. The first-order valence-corrected chi connectivity index (χ1v) is 4.50. The van der Waals surface area contributed by atoms with E-state index in [2.05, 4.69) is 0 Å². The highest BCUT2D eigenvalue weighted by molar-refractivity contribution is 5.66. The van der Waals surface area contributed by atoms with Gasteiger partial charge in [0.25, 0.3) is 0 Å². The van der Waals surface area contributed by atoms with Gasteiger partial charge in [-0.15, -0.1) is 0 Å². The molecule has 1 fully saturated rings. The van der Waals surface area contributed by atoms with Crippen molar-refractivity contribution >= 4 is 11.9 Å². The Kier molecular flexibility index (Phi) is 3.88. The monoisotopic (exact) mass is 202 g/mol. The third-order valence-electron chi connectivity index (χ3n) is 1.80. The summed E-state index contributed by atoms with van der Waals surface area (Å²) in [5, 5.41) is 0. The van der Waals surface area contributed by atoms with Crippen molar-refractivity contribution in [3.63, 3.8) is 0 Å². The number of ether oxygens (including phenoxy) is 3. The number of esters is 2. The zero-order chi connectivity index (χ0) is 10.6. The van der Waals surface area contributed by atoms with E-state index >= 15 is 0 Å². The molecule has 0 aliphatic carbocycles. The summed E-state index contributed by atoms with van der Waals surface area (Å²) < 4.78 is 15.0. The molecule has 14 heavy (non-hydrogen) atoms. The van der Waals surface area contributed by atoms with Gasteiger partial charge < -0.3 is 14.2 Å². The van der Waals surface area contributed by atoms with E-state index in [0.29, 0.717) is 19.6 Å². The van der Waals surface area contributed by atoms with Gasteiger partial charge in [-0.3, -0.25) is 9.59 Å². The number of rotatable bonds is 2. The molecule has 0 saturated carbocycles. The van der Waals surface area contributed by atoms with E-state index in [-0.39, 0.29) is 24.1 Å². The summed E-state index contributed by atoms with van der Waals surface area (Å²) >= 11 is 0. The third kappa shape index (κ3) is 3.74. The summed E-state index contributed by atoms with van der Waals surface area (Å²) in [5.41, 5.74) is 0. The molecule has 5 heteroatoms. The summed E-state index contributed by atoms with van der Waals surface area (Å²) in [5.74, 6) is -0.691. The van der Waals surface area contributed by atoms with E-state index in [0.717, 1.165) is 0 Å². The number of carbonyl (C=O) groups is 2. The van der Waals surface area contributed by atoms with Gasteiger partial charge in [0.2, 0.25) is 0 Å². The molecule has 1 saturated heterocycles. The molecule has 80 valence electrons. The van der Waals surface area contributed by atoms with Gasteiger partial charge in [0.05, 0.1) is 13.2 Å². The van der Waals surface area contributed by atoms with Crippen LogP contribution in [0.15, 0.2) is 0 Å². The fourth-order valence-corrected chi connectivity index (χ4v) is 1.39. The fraction of sp³-hybridized carbons (Fsp3) is 0.778. The van der Waals surface area contributed by atoms with E-state index in [1.807, 2.05) is 0 Å². The van der Waals surface area contributed by atoms with Crippen molar-refractivity contribution in [1.29, 1.82) is 0 Å². The lowest BCUT2D eigenvalue weighted by atomic mass is 10.1. The second-order valence-corrected chi connectivity index (χ2v) is 3.24. The van der Waals surface area contributed by atoms with Crippen LogP contribution < -0.4 is 0 Å². The smallest absolute Gasteiger partial charge is 0.302 e. The molecule has 1 heterocycles. The topological polar surface area (TPSA) is 61.8 Å². The first-order valence-electron chi connectivity index (χ1n) is 4.50. The van der Waals surface area contributed by atoms with Gasteiger partial charge in [-0.2, -0.15) is 0 Å². The van der Waals surface area contributed by atoms with Crippen molar-refractivity contribution in [2.24, 2.45) is 0 Å². The first kappa shape index (κ1) is 11.0. The predicted octanol–water partition coefficient (Wildman–Crippen LogP) is 0.270. The maximum Gasteiger partial charge on any atom is 0.302 e. The Morgan fingerprint density at radius 1 is 1.07 bits per heavy atom. The zero-order valence-corrected chi connectivity index (χ0v) is 8.32. The fourth-order valence-electron chi connectivity index (χ4n) is 1.39. The van der Waals surface area contributed by atoms with Gasteiger partial charge in [0.1, 0.15) is 12.2 Å². The van der Waals surface area contributed by atoms with Crippen LogP contribution in [0.4, 0.5) is 0 Å². The summed E-state index contributed by atoms with van der Waals surface area (Å²) in [6.07, 6.45) is -0.0877. The minimum absolute atomic E-state index is 0.300. The Morgan fingerprint density at radius 2 is 1.50 bits per heavy atom. The maximum absolute atomic E-state index is 10.7. The summed E-state index contributed by atoms with van der Waals surface area (Å²) in [6.45, 7) is 3.43. The highest BCUT2D eigenvalue weighted by Crippen LogP contribution is 2.14. The second kappa shape index (κ2) is 4.95. The largest absolute Gasteiger partial charge is 0.460 e. The Bertz CT molecular complexity index is 203. The minimum atomic E-state index is -0.345. The lowest BCUT2D eigenvalue weighted by Crippen LogP contribution is -2.38. The summed E-state index contributed by atoms with van der Waals surface area (Å²) in [7, 11) is 0. The average molecular weight is 202 g/mol. The predicted molar refractivity (Wildman–Crippen MR) is 46.5 cm³/mol. The average Bonchev–Trinajstić information content (AvgIpc) is 2.01. The Morgan fingerprint density at radius 3 is 1.86 bits per heavy atom. The lowest BCUT2D eigenvalue weighted by Gasteiger charge is -2.28. The van der Waals surface area contributed by atoms with Crippen molar-refractivity contribution in [3.05, 3.63) is 0 Å². The Labute approximate surface area is 82.3 Å². The molecular weight excluding hydrogens is 188 g/mol. The summed E-state index contributed by atoms with van der Waals surface area (Å²) in [6, 6.07) is 0. The van der Waals surface area contributed by atoms with Gasteiger partial charge in [-0.1, -0.05) is 0 Å². The molecule has 1 aliphatic rings. The van der Waals surface area contributed by atoms with Crippen molar-refractivity contribution in [2.45, 2.75) is 32.5 Å². The van der Waals surface area contributed by atoms with Crippen LogP contribution in [-0.4, -0.2) is 37.4 Å². The van der Waals surface area contributed by atoms with Gasteiger partial charge in [0, 0.05) is 20.3 Å². The number of carbonyl (C=O) groups excluding carboxylic acids is 2. The summed E-state index contributed by atoms with van der Waals surface area (Å²) in [4.78, 5) is 21.3. The van der Waals surface area contributed by atoms with Crippen LogP contribution in [0.2, 0.25) is 0 Å². The highest BCUT2D eigenvalue weighted by atomic mass is 16.6. The van der Waals surface area contributed by atoms with E-state index in [1.54, 1.807) is 0 Å². The van der Waals surface area contributed by atoms with E-state index < -0.39 is 0 Å². The Hall–Kier alpha value is -1.10. The molecule has 0 aromatic heterocycles. The van der Waals surface area contributed by atoms with Crippen molar-refractivity contribution in [2.75, 3.05) is 13.2 Å². The first-order chi connectivity index (χ1) is 6.58. The molecule has 1 aliphatic heterocycles. The number of hydrogen-bond donors (Lipinski definition) is 0. The SMILES string of the molecule is CC(=O)O[C@H]1COC[C@H](OC(C)=O)C1. The minimum Gasteiger partial charge on any atom is -0.460 e. The van der Waals surface area contributed by atoms with E-state index in [4.69, 9.17) is 14.2 Å². The standard InChI is InChI=1S/C9H14O5/c1-6(10)13-8-3-9(5-12-4-8)14-7(2)11/h8-9H,3-5H2,1-2H3/t8-,9-/m1/s1. The Balaban J connectivity index is 2.35. The van der Waals surface area contributed by atoms with E-state index in [9.17, 15) is 9.59 Å². The molecule has 2 atom stereocenters. The molecule has 0 radical (unpaired) electrons. The molecule has 0 spiro atoms. The van der Waals surface area contributed by atoms with Gasteiger partial charge >= 0.3 is 11.9 Å². The molecule has 0 aromatic carbocycles. The van der Waals surface area contributed by atoms with Crippen LogP contribution in [0, 0.1) is 0 Å². The molecule has 0 N–H and O–H groups in total. The highest BCUT2D eigenvalue weighted by Gasteiger charge is 2.26. The molecule has 0 aromatic rings. The van der Waals surface area contributed by atoms with Crippen LogP contribution in [0.5, 0.6) is 0 Å². The lowest BCUT2D eigenvalue weighted by molar-refractivity contribution is -0.168. The van der Waals surface area contributed by atoms with Crippen LogP contribution >= 0.6 is 0 Å². The van der Waals surface area contributed by atoms with Crippen LogP contribution in [0.3, 0.4) is 0 Å². The van der Waals surface area contributed by atoms with Crippen molar-refractivity contribution in [1.82, 2.24) is 0 Å².